The van der Waals surface area contributed by atoms with Crippen molar-refractivity contribution >= 4 is 39.1 Å². The van der Waals surface area contributed by atoms with Gasteiger partial charge in [-0.15, -0.1) is 0 Å². The van der Waals surface area contributed by atoms with Crippen LogP contribution in [0.3, 0.4) is 0 Å². The van der Waals surface area contributed by atoms with Gasteiger partial charge >= 0.3 is 0 Å². The number of carbonyl (C=O) groups excluding carboxylic acids is 1. The van der Waals surface area contributed by atoms with Gasteiger partial charge < -0.3 is 10.1 Å². The lowest BCUT2D eigenvalue weighted by Gasteiger charge is -2.26. The Balaban J connectivity index is 1.84. The van der Waals surface area contributed by atoms with E-state index in [1.54, 1.807) is 0 Å². The maximum absolute atomic E-state index is 12.9. The average Bonchev–Trinajstić information content (AvgIpc) is 2.68. The molecule has 6 nitrogen and oxygen atoms in total. The minimum Gasteiger partial charge on any atom is -0.379 e. The molecule has 0 spiro atoms. The summed E-state index contributed by atoms with van der Waals surface area (Å²) in [6.07, 6.45) is 0. The normalized spacial score (nSPS) is 15.4. The Morgan fingerprint density at radius 2 is 1.75 bits per heavy atom. The lowest BCUT2D eigenvalue weighted by molar-refractivity contribution is 0.0730. The van der Waals surface area contributed by atoms with Crippen LogP contribution in [-0.2, 0) is 21.3 Å². The first-order chi connectivity index (χ1) is 13.3. The van der Waals surface area contributed by atoms with Crippen molar-refractivity contribution in [3.8, 4) is 0 Å². The van der Waals surface area contributed by atoms with Crippen LogP contribution in [0.2, 0.25) is 10.0 Å². The maximum Gasteiger partial charge on any atom is 0.253 e. The predicted molar refractivity (Wildman–Crippen MR) is 108 cm³/mol. The Morgan fingerprint density at radius 3 is 2.39 bits per heavy atom. The summed E-state index contributed by atoms with van der Waals surface area (Å²) in [5.41, 5.74) is 2.10. The first-order valence-corrected chi connectivity index (χ1v) is 10.9. The molecule has 28 heavy (non-hydrogen) atoms. The molecular weight excluding hydrogens is 423 g/mol. The highest BCUT2D eigenvalue weighted by Gasteiger charge is 2.30. The fourth-order valence-corrected chi connectivity index (χ4v) is 5.05. The maximum atomic E-state index is 12.9. The van der Waals surface area contributed by atoms with Crippen LogP contribution in [0.4, 0.5) is 0 Å². The molecule has 1 aliphatic heterocycles. The first-order valence-electron chi connectivity index (χ1n) is 8.70. The molecule has 0 unspecified atom stereocenters. The second-order valence-electron chi connectivity index (χ2n) is 6.45. The van der Waals surface area contributed by atoms with Crippen LogP contribution < -0.4 is 5.32 Å². The number of hydrogen-bond acceptors (Lipinski definition) is 4. The highest BCUT2D eigenvalue weighted by atomic mass is 35.5. The number of aryl methyl sites for hydroxylation is 1. The van der Waals surface area contributed by atoms with Crippen molar-refractivity contribution in [3.05, 3.63) is 63.1 Å². The number of rotatable bonds is 5. The van der Waals surface area contributed by atoms with Crippen LogP contribution in [0.25, 0.3) is 0 Å². The van der Waals surface area contributed by atoms with E-state index in [-0.39, 0.29) is 33.6 Å². The molecule has 0 radical (unpaired) electrons. The fraction of sp³-hybridized carbons (Fsp3) is 0.316. The Hall–Kier alpha value is -1.64. The van der Waals surface area contributed by atoms with Crippen molar-refractivity contribution in [1.29, 1.82) is 0 Å². The van der Waals surface area contributed by atoms with Gasteiger partial charge in [-0.1, -0.05) is 53.0 Å². The van der Waals surface area contributed by atoms with E-state index >= 15 is 0 Å². The quantitative estimate of drug-likeness (QED) is 0.770. The van der Waals surface area contributed by atoms with Crippen molar-refractivity contribution in [2.45, 2.75) is 18.4 Å². The number of nitrogens with zero attached hydrogens (tertiary/aromatic N) is 1. The van der Waals surface area contributed by atoms with Gasteiger partial charge in [0.2, 0.25) is 10.0 Å². The number of hydrogen-bond donors (Lipinski definition) is 1. The molecule has 1 fully saturated rings. The summed E-state index contributed by atoms with van der Waals surface area (Å²) in [5, 5.41) is 2.83. The van der Waals surface area contributed by atoms with E-state index < -0.39 is 15.9 Å². The minimum absolute atomic E-state index is 0.0217. The minimum atomic E-state index is -3.85. The summed E-state index contributed by atoms with van der Waals surface area (Å²) < 4.78 is 32.3. The fourth-order valence-electron chi connectivity index (χ4n) is 2.81. The number of benzene rings is 2. The van der Waals surface area contributed by atoms with Crippen molar-refractivity contribution in [3.63, 3.8) is 0 Å². The summed E-state index contributed by atoms with van der Waals surface area (Å²) in [6.45, 7) is 3.37. The number of nitrogens with one attached hydrogen (secondary N) is 1. The van der Waals surface area contributed by atoms with E-state index in [9.17, 15) is 13.2 Å². The van der Waals surface area contributed by atoms with Crippen LogP contribution in [0.5, 0.6) is 0 Å². The van der Waals surface area contributed by atoms with Gasteiger partial charge in [0.05, 0.1) is 28.8 Å². The Morgan fingerprint density at radius 1 is 1.11 bits per heavy atom. The lowest BCUT2D eigenvalue weighted by atomic mass is 10.1. The second kappa shape index (κ2) is 8.80. The van der Waals surface area contributed by atoms with Crippen molar-refractivity contribution < 1.29 is 17.9 Å². The second-order valence-corrected chi connectivity index (χ2v) is 9.17. The molecule has 1 saturated heterocycles. The monoisotopic (exact) mass is 442 g/mol. The zero-order valence-corrected chi connectivity index (χ0v) is 17.6. The van der Waals surface area contributed by atoms with Crippen LogP contribution in [0.15, 0.2) is 41.3 Å². The molecule has 1 N–H and O–H groups in total. The zero-order valence-electron chi connectivity index (χ0n) is 15.2. The van der Waals surface area contributed by atoms with Gasteiger partial charge in [-0.2, -0.15) is 4.31 Å². The van der Waals surface area contributed by atoms with Crippen molar-refractivity contribution in [2.75, 3.05) is 26.3 Å². The Bertz CT molecular complexity index is 972. The van der Waals surface area contributed by atoms with E-state index in [4.69, 9.17) is 27.9 Å². The van der Waals surface area contributed by atoms with Crippen molar-refractivity contribution in [2.24, 2.45) is 0 Å². The number of ether oxygens (including phenoxy) is 1. The molecule has 3 rings (SSSR count). The smallest absolute Gasteiger partial charge is 0.253 e. The highest BCUT2D eigenvalue weighted by molar-refractivity contribution is 7.89. The molecule has 0 atom stereocenters. The SMILES string of the molecule is Cc1ccc(CNC(=O)c2cc(S(=O)(=O)N3CCOCC3)c(Cl)cc2Cl)cc1. The number of sulfonamides is 1. The number of halogens is 2. The average molecular weight is 443 g/mol. The predicted octanol–water partition coefficient (Wildman–Crippen LogP) is 3.25. The molecule has 0 saturated carbocycles. The van der Waals surface area contributed by atoms with Gasteiger partial charge in [0.25, 0.3) is 5.91 Å². The highest BCUT2D eigenvalue weighted by Crippen LogP contribution is 2.31. The summed E-state index contributed by atoms with van der Waals surface area (Å²) in [5.74, 6) is -0.472. The molecule has 1 amide bonds. The third kappa shape index (κ3) is 4.67. The first kappa shape index (κ1) is 21.1. The van der Waals surface area contributed by atoms with E-state index in [0.717, 1.165) is 11.1 Å². The standard InChI is InChI=1S/C19H20Cl2N2O4S/c1-13-2-4-14(5-3-13)12-22-19(24)15-10-18(17(21)11-16(15)20)28(25,26)23-6-8-27-9-7-23/h2-5,10-11H,6-9,12H2,1H3,(H,22,24). The molecule has 1 aliphatic rings. The van der Waals surface area contributed by atoms with Crippen LogP contribution >= 0.6 is 23.2 Å². The molecule has 0 bridgehead atoms. The largest absolute Gasteiger partial charge is 0.379 e. The van der Waals surface area contributed by atoms with Gasteiger partial charge in [-0.05, 0) is 24.6 Å². The summed E-state index contributed by atoms with van der Waals surface area (Å²) in [6, 6.07) is 10.2. The third-order valence-electron chi connectivity index (χ3n) is 4.43. The lowest BCUT2D eigenvalue weighted by Crippen LogP contribution is -2.40. The van der Waals surface area contributed by atoms with Crippen LogP contribution in [0, 0.1) is 6.92 Å². The number of carbonyl (C=O) groups is 1. The van der Waals surface area contributed by atoms with E-state index in [2.05, 4.69) is 5.32 Å². The van der Waals surface area contributed by atoms with Gasteiger partial charge in [0.1, 0.15) is 4.90 Å². The summed E-state index contributed by atoms with van der Waals surface area (Å²) >= 11 is 12.3. The van der Waals surface area contributed by atoms with E-state index in [1.165, 1.54) is 16.4 Å². The Labute approximate surface area is 174 Å². The molecule has 2 aromatic carbocycles. The Kier molecular flexibility index (Phi) is 6.62. The van der Waals surface area contributed by atoms with E-state index in [0.29, 0.717) is 19.8 Å². The summed E-state index contributed by atoms with van der Waals surface area (Å²) in [4.78, 5) is 12.5. The van der Waals surface area contributed by atoms with Gasteiger partial charge in [0.15, 0.2) is 0 Å². The molecule has 150 valence electrons. The zero-order chi connectivity index (χ0) is 20.3. The molecule has 9 heteroatoms. The molecule has 0 aliphatic carbocycles. The number of morpholine rings is 1. The molecule has 2 aromatic rings. The third-order valence-corrected chi connectivity index (χ3v) is 7.10. The number of amides is 1. The summed E-state index contributed by atoms with van der Waals surface area (Å²) in [7, 11) is -3.85. The van der Waals surface area contributed by atoms with Gasteiger partial charge in [-0.3, -0.25) is 4.79 Å². The van der Waals surface area contributed by atoms with Gasteiger partial charge in [0, 0.05) is 19.6 Å². The van der Waals surface area contributed by atoms with Gasteiger partial charge in [-0.25, -0.2) is 8.42 Å². The van der Waals surface area contributed by atoms with Crippen LogP contribution in [-0.4, -0.2) is 44.9 Å². The molecular formula is C19H20Cl2N2O4S. The molecule has 0 aromatic heterocycles. The van der Waals surface area contributed by atoms with Crippen molar-refractivity contribution in [1.82, 2.24) is 9.62 Å². The van der Waals surface area contributed by atoms with Crippen LogP contribution in [0.1, 0.15) is 21.5 Å². The molecule has 1 heterocycles. The topological polar surface area (TPSA) is 75.7 Å². The van der Waals surface area contributed by atoms with E-state index in [1.807, 2.05) is 31.2 Å².